The van der Waals surface area contributed by atoms with E-state index < -0.39 is 0 Å². The van der Waals surface area contributed by atoms with Crippen molar-refractivity contribution >= 4 is 11.6 Å². The largest absolute Gasteiger partial charge is 0.493 e. The van der Waals surface area contributed by atoms with Crippen molar-refractivity contribution in [3.63, 3.8) is 0 Å². The molecule has 0 spiro atoms. The third kappa shape index (κ3) is 5.23. The van der Waals surface area contributed by atoms with Crippen LogP contribution in [0, 0.1) is 13.8 Å². The van der Waals surface area contributed by atoms with Gasteiger partial charge in [-0.1, -0.05) is 24.3 Å². The van der Waals surface area contributed by atoms with Crippen LogP contribution in [0.25, 0.3) is 0 Å². The van der Waals surface area contributed by atoms with Gasteiger partial charge in [-0.3, -0.25) is 4.79 Å². The van der Waals surface area contributed by atoms with Crippen LogP contribution in [0.1, 0.15) is 23.6 Å². The molecule has 2 rings (SSSR count). The van der Waals surface area contributed by atoms with Gasteiger partial charge in [0.25, 0.3) is 5.91 Å². The number of para-hydroxylation sites is 1. The van der Waals surface area contributed by atoms with E-state index in [-0.39, 0.29) is 11.9 Å². The molecule has 2 N–H and O–H groups in total. The lowest BCUT2D eigenvalue weighted by Gasteiger charge is -2.22. The molecule has 2 aromatic carbocycles. The molecule has 0 bridgehead atoms. The molecular weight excluding hydrogens is 340 g/mol. The topological polar surface area (TPSA) is 52.0 Å². The van der Waals surface area contributed by atoms with E-state index in [1.807, 2.05) is 57.2 Å². The molecule has 5 nitrogen and oxygen atoms in total. The Kier molecular flexibility index (Phi) is 7.25. The summed E-state index contributed by atoms with van der Waals surface area (Å²) in [5.41, 5.74) is 4.24. The van der Waals surface area contributed by atoms with Gasteiger partial charge in [-0.05, 0) is 49.6 Å². The second kappa shape index (κ2) is 9.42. The van der Waals surface area contributed by atoms with E-state index in [4.69, 9.17) is 9.47 Å². The average molecular weight is 372 g/mol. The number of benzene rings is 2. The van der Waals surface area contributed by atoms with E-state index in [0.29, 0.717) is 0 Å². The van der Waals surface area contributed by atoms with E-state index in [0.717, 1.165) is 51.7 Å². The number of quaternary nitrogens is 1. The van der Waals surface area contributed by atoms with Gasteiger partial charge in [0.2, 0.25) is 0 Å². The van der Waals surface area contributed by atoms with Gasteiger partial charge in [0.1, 0.15) is 0 Å². The van der Waals surface area contributed by atoms with Gasteiger partial charge in [0.05, 0.1) is 27.8 Å². The molecular formula is C22H31N2O3+. The lowest BCUT2D eigenvalue weighted by atomic mass is 10.1. The molecule has 0 saturated heterocycles. The van der Waals surface area contributed by atoms with Gasteiger partial charge < -0.3 is 19.7 Å². The minimum absolute atomic E-state index is 0.0391. The van der Waals surface area contributed by atoms with Crippen LogP contribution in [0.4, 0.5) is 5.69 Å². The van der Waals surface area contributed by atoms with Gasteiger partial charge in [-0.2, -0.15) is 0 Å². The Bertz CT molecular complexity index is 769. The minimum Gasteiger partial charge on any atom is -0.493 e. The number of methoxy groups -OCH3 is 2. The highest BCUT2D eigenvalue weighted by molar-refractivity contribution is 5.95. The smallest absolute Gasteiger partial charge is 0.282 e. The highest BCUT2D eigenvalue weighted by atomic mass is 16.5. The number of rotatable bonds is 8. The van der Waals surface area contributed by atoms with Crippen molar-refractivity contribution in [2.24, 2.45) is 0 Å². The number of ether oxygens (including phenoxy) is 2. The highest BCUT2D eigenvalue weighted by Gasteiger charge is 2.22. The third-order valence-electron chi connectivity index (χ3n) is 5.12. The summed E-state index contributed by atoms with van der Waals surface area (Å²) in [6.07, 6.45) is 0.854. The first-order valence-corrected chi connectivity index (χ1v) is 9.27. The summed E-state index contributed by atoms with van der Waals surface area (Å²) in [6, 6.07) is 11.8. The molecule has 1 unspecified atom stereocenters. The van der Waals surface area contributed by atoms with Crippen LogP contribution in [0.2, 0.25) is 0 Å². The Morgan fingerprint density at radius 3 is 2.30 bits per heavy atom. The molecule has 0 heterocycles. The summed E-state index contributed by atoms with van der Waals surface area (Å²) < 4.78 is 10.6. The van der Waals surface area contributed by atoms with Gasteiger partial charge in [-0.25, -0.2) is 0 Å². The van der Waals surface area contributed by atoms with Crippen LogP contribution in [0.3, 0.4) is 0 Å². The molecule has 27 heavy (non-hydrogen) atoms. The van der Waals surface area contributed by atoms with Crippen LogP contribution in [-0.2, 0) is 11.2 Å². The fourth-order valence-corrected chi connectivity index (χ4v) is 3.06. The number of hydrogen-bond donors (Lipinski definition) is 2. The quantitative estimate of drug-likeness (QED) is 0.749. The Morgan fingerprint density at radius 1 is 1.07 bits per heavy atom. The zero-order chi connectivity index (χ0) is 20.0. The van der Waals surface area contributed by atoms with Gasteiger partial charge in [0, 0.05) is 12.1 Å². The number of aryl methyl sites for hydroxylation is 2. The van der Waals surface area contributed by atoms with Gasteiger partial charge >= 0.3 is 0 Å². The second-order valence-corrected chi connectivity index (χ2v) is 7.01. The summed E-state index contributed by atoms with van der Waals surface area (Å²) >= 11 is 0. The number of amides is 1. The van der Waals surface area contributed by atoms with Crippen molar-refractivity contribution < 1.29 is 19.2 Å². The molecule has 1 amide bonds. The SMILES string of the molecule is COc1ccc(CC[NH+](C)[C@@H](C)C(=O)Nc2c(C)cccc2C)cc1OC. The molecule has 146 valence electrons. The van der Waals surface area contributed by atoms with Gasteiger partial charge in [-0.15, -0.1) is 0 Å². The van der Waals surface area contributed by atoms with Gasteiger partial charge in [0.15, 0.2) is 17.5 Å². The van der Waals surface area contributed by atoms with E-state index in [1.165, 1.54) is 0 Å². The minimum atomic E-state index is -0.149. The predicted molar refractivity (Wildman–Crippen MR) is 109 cm³/mol. The Morgan fingerprint density at radius 2 is 1.70 bits per heavy atom. The van der Waals surface area contributed by atoms with Crippen molar-refractivity contribution in [2.75, 3.05) is 33.1 Å². The van der Waals surface area contributed by atoms with Crippen molar-refractivity contribution in [1.82, 2.24) is 0 Å². The van der Waals surface area contributed by atoms with Crippen molar-refractivity contribution in [3.05, 3.63) is 53.1 Å². The molecule has 2 aromatic rings. The molecule has 5 heteroatoms. The molecule has 0 aliphatic rings. The molecule has 0 radical (unpaired) electrons. The second-order valence-electron chi connectivity index (χ2n) is 7.01. The summed E-state index contributed by atoms with van der Waals surface area (Å²) in [7, 11) is 5.32. The summed E-state index contributed by atoms with van der Waals surface area (Å²) in [6.45, 7) is 6.84. The first-order chi connectivity index (χ1) is 12.9. The van der Waals surface area contributed by atoms with E-state index in [2.05, 4.69) is 12.4 Å². The molecule has 0 aliphatic carbocycles. The summed E-state index contributed by atoms with van der Waals surface area (Å²) in [4.78, 5) is 13.8. The number of carbonyl (C=O) groups is 1. The Labute approximate surface area is 162 Å². The maximum absolute atomic E-state index is 12.7. The Hall–Kier alpha value is -2.53. The van der Waals surface area contributed by atoms with Crippen LogP contribution in [0.5, 0.6) is 11.5 Å². The first kappa shape index (κ1) is 20.8. The maximum Gasteiger partial charge on any atom is 0.282 e. The number of hydrogen-bond acceptors (Lipinski definition) is 3. The zero-order valence-electron chi connectivity index (χ0n) is 17.2. The molecule has 0 aliphatic heterocycles. The standard InChI is InChI=1S/C22H30N2O3/c1-15-8-7-9-16(2)21(15)23-22(25)17(3)24(4)13-12-18-10-11-19(26-5)20(14-18)27-6/h7-11,14,17H,12-13H2,1-6H3,(H,23,25)/p+1/t17-/m0/s1. The average Bonchev–Trinajstić information content (AvgIpc) is 2.67. The lowest BCUT2D eigenvalue weighted by molar-refractivity contribution is -0.893. The van der Waals surface area contributed by atoms with E-state index in [1.54, 1.807) is 14.2 Å². The number of likely N-dealkylation sites (N-methyl/N-ethyl adjacent to an activating group) is 1. The summed E-state index contributed by atoms with van der Waals surface area (Å²) in [5, 5.41) is 3.09. The monoisotopic (exact) mass is 371 g/mol. The van der Waals surface area contributed by atoms with E-state index in [9.17, 15) is 4.79 Å². The molecule has 0 saturated carbocycles. The fraction of sp³-hybridized carbons (Fsp3) is 0.409. The number of carbonyl (C=O) groups excluding carboxylic acids is 1. The zero-order valence-corrected chi connectivity index (χ0v) is 17.2. The normalized spacial score (nSPS) is 13.0. The molecule has 2 atom stereocenters. The van der Waals surface area contributed by atoms with Crippen LogP contribution >= 0.6 is 0 Å². The first-order valence-electron chi connectivity index (χ1n) is 9.27. The van der Waals surface area contributed by atoms with Crippen LogP contribution in [-0.4, -0.2) is 39.8 Å². The Balaban J connectivity index is 1.97. The summed E-state index contributed by atoms with van der Waals surface area (Å²) in [5.74, 6) is 1.49. The molecule has 0 aromatic heterocycles. The predicted octanol–water partition coefficient (Wildman–Crippen LogP) is 2.41. The van der Waals surface area contributed by atoms with Crippen molar-refractivity contribution in [2.45, 2.75) is 33.2 Å². The van der Waals surface area contributed by atoms with Crippen molar-refractivity contribution in [1.29, 1.82) is 0 Å². The fourth-order valence-electron chi connectivity index (χ4n) is 3.06. The maximum atomic E-state index is 12.7. The van der Waals surface area contributed by atoms with Crippen LogP contribution < -0.4 is 19.7 Å². The third-order valence-corrected chi connectivity index (χ3v) is 5.12. The van der Waals surface area contributed by atoms with E-state index >= 15 is 0 Å². The number of nitrogens with one attached hydrogen (secondary N) is 2. The number of anilines is 1. The highest BCUT2D eigenvalue weighted by Crippen LogP contribution is 2.27. The van der Waals surface area contributed by atoms with Crippen molar-refractivity contribution in [3.8, 4) is 11.5 Å². The molecule has 0 fully saturated rings. The lowest BCUT2D eigenvalue weighted by Crippen LogP contribution is -3.14. The van der Waals surface area contributed by atoms with Crippen LogP contribution in [0.15, 0.2) is 36.4 Å².